The quantitative estimate of drug-likeness (QED) is 0.673. The maximum Gasteiger partial charge on any atom is 0.257 e. The fraction of sp³-hybridized carbons (Fsp3) is 0.304. The molecule has 7 heteroatoms. The number of hydrogen-bond donors (Lipinski definition) is 1. The number of carbonyl (C=O) groups is 1. The molecule has 1 saturated heterocycles. The normalized spacial score (nSPS) is 18.2. The zero-order chi connectivity index (χ0) is 20.4. The van der Waals surface area contributed by atoms with Gasteiger partial charge >= 0.3 is 0 Å². The highest BCUT2D eigenvalue weighted by molar-refractivity contribution is 6.00. The fourth-order valence-electron chi connectivity index (χ4n) is 3.96. The highest BCUT2D eigenvalue weighted by atomic mass is 35.5. The number of para-hydroxylation sites is 1. The van der Waals surface area contributed by atoms with Crippen molar-refractivity contribution in [1.82, 2.24) is 14.7 Å². The van der Waals surface area contributed by atoms with E-state index in [4.69, 9.17) is 15.6 Å². The summed E-state index contributed by atoms with van der Waals surface area (Å²) < 4.78 is 7.04. The molecular weight excluding hydrogens is 400 g/mol. The summed E-state index contributed by atoms with van der Waals surface area (Å²) in [4.78, 5) is 15.4. The number of likely N-dealkylation sites (tertiary alicyclic amines) is 1. The van der Waals surface area contributed by atoms with Gasteiger partial charge in [0.15, 0.2) is 0 Å². The van der Waals surface area contributed by atoms with E-state index in [1.165, 1.54) is 0 Å². The summed E-state index contributed by atoms with van der Waals surface area (Å²) in [6.45, 7) is 3.38. The van der Waals surface area contributed by atoms with Crippen LogP contribution in [0.3, 0.4) is 0 Å². The molecule has 0 spiro atoms. The number of ether oxygens (including phenoxy) is 1. The second-order valence-corrected chi connectivity index (χ2v) is 7.54. The van der Waals surface area contributed by atoms with Crippen molar-refractivity contribution >= 4 is 18.3 Å². The van der Waals surface area contributed by atoms with Gasteiger partial charge in [-0.15, -0.1) is 12.4 Å². The van der Waals surface area contributed by atoms with Crippen LogP contribution in [0.4, 0.5) is 0 Å². The maximum atomic E-state index is 13.5. The lowest BCUT2D eigenvalue weighted by molar-refractivity contribution is 0.0744. The van der Waals surface area contributed by atoms with Crippen LogP contribution in [0.15, 0.2) is 60.8 Å². The van der Waals surface area contributed by atoms with Crippen molar-refractivity contribution in [3.05, 3.63) is 66.4 Å². The Kier molecular flexibility index (Phi) is 6.80. The van der Waals surface area contributed by atoms with Gasteiger partial charge in [-0.25, -0.2) is 4.68 Å². The first kappa shape index (κ1) is 21.9. The van der Waals surface area contributed by atoms with E-state index < -0.39 is 0 Å². The zero-order valence-corrected chi connectivity index (χ0v) is 18.0. The van der Waals surface area contributed by atoms with Gasteiger partial charge in [0.05, 0.1) is 18.4 Å². The highest BCUT2D eigenvalue weighted by Crippen LogP contribution is 2.30. The van der Waals surface area contributed by atoms with Crippen molar-refractivity contribution in [2.45, 2.75) is 19.4 Å². The van der Waals surface area contributed by atoms with Crippen LogP contribution in [0.2, 0.25) is 0 Å². The smallest absolute Gasteiger partial charge is 0.257 e. The SMILES string of the molecule is COc1ccc(-c2nn(-c3ccccc3)cc2C(=O)N2CC(CN)CC2C)cc1.Cl. The molecule has 1 aliphatic rings. The van der Waals surface area contributed by atoms with E-state index >= 15 is 0 Å². The summed E-state index contributed by atoms with van der Waals surface area (Å²) in [7, 11) is 1.64. The van der Waals surface area contributed by atoms with E-state index in [9.17, 15) is 4.79 Å². The Morgan fingerprint density at radius 2 is 1.87 bits per heavy atom. The predicted molar refractivity (Wildman–Crippen MR) is 120 cm³/mol. The summed E-state index contributed by atoms with van der Waals surface area (Å²) in [6, 6.07) is 17.6. The molecule has 1 amide bonds. The molecule has 0 bridgehead atoms. The Morgan fingerprint density at radius 3 is 2.47 bits per heavy atom. The second-order valence-electron chi connectivity index (χ2n) is 7.54. The molecule has 1 fully saturated rings. The first-order valence-electron chi connectivity index (χ1n) is 9.91. The molecule has 6 nitrogen and oxygen atoms in total. The van der Waals surface area contributed by atoms with Gasteiger partial charge in [0.1, 0.15) is 11.4 Å². The molecule has 1 aliphatic heterocycles. The van der Waals surface area contributed by atoms with E-state index in [2.05, 4.69) is 6.92 Å². The zero-order valence-electron chi connectivity index (χ0n) is 17.2. The number of rotatable bonds is 5. The second kappa shape index (κ2) is 9.32. The summed E-state index contributed by atoms with van der Waals surface area (Å²) in [6.07, 6.45) is 2.77. The van der Waals surface area contributed by atoms with Crippen molar-refractivity contribution in [1.29, 1.82) is 0 Å². The molecule has 0 saturated carbocycles. The number of nitrogens with zero attached hydrogens (tertiary/aromatic N) is 3. The number of nitrogens with two attached hydrogens (primary N) is 1. The molecule has 2 unspecified atom stereocenters. The number of carbonyl (C=O) groups excluding carboxylic acids is 1. The topological polar surface area (TPSA) is 73.4 Å². The molecule has 158 valence electrons. The molecule has 4 rings (SSSR count). The summed E-state index contributed by atoms with van der Waals surface area (Å²) in [5, 5.41) is 4.77. The minimum atomic E-state index is 0. The van der Waals surface area contributed by atoms with Gasteiger partial charge < -0.3 is 15.4 Å². The van der Waals surface area contributed by atoms with Crippen molar-refractivity contribution in [2.24, 2.45) is 11.7 Å². The Labute approximate surface area is 183 Å². The van der Waals surface area contributed by atoms with E-state index in [0.717, 1.165) is 23.4 Å². The minimum Gasteiger partial charge on any atom is -0.497 e. The maximum absolute atomic E-state index is 13.5. The van der Waals surface area contributed by atoms with Crippen molar-refractivity contribution in [3.63, 3.8) is 0 Å². The molecule has 2 N–H and O–H groups in total. The van der Waals surface area contributed by atoms with Crippen LogP contribution in [0.5, 0.6) is 5.75 Å². The first-order valence-corrected chi connectivity index (χ1v) is 9.91. The third-order valence-corrected chi connectivity index (χ3v) is 5.58. The highest BCUT2D eigenvalue weighted by Gasteiger charge is 2.34. The molecular formula is C23H27ClN4O2. The number of amides is 1. The number of hydrogen-bond acceptors (Lipinski definition) is 4. The third kappa shape index (κ3) is 4.20. The Hall–Kier alpha value is -2.83. The summed E-state index contributed by atoms with van der Waals surface area (Å²) in [5.74, 6) is 1.12. The molecule has 1 aromatic heterocycles. The van der Waals surface area contributed by atoms with Gasteiger partial charge in [0.25, 0.3) is 5.91 Å². The average Bonchev–Trinajstić information content (AvgIpc) is 3.38. The third-order valence-electron chi connectivity index (χ3n) is 5.58. The molecule has 2 heterocycles. The number of aromatic nitrogens is 2. The Bertz CT molecular complexity index is 988. The lowest BCUT2D eigenvalue weighted by Gasteiger charge is -2.21. The lowest BCUT2D eigenvalue weighted by Crippen LogP contribution is -2.34. The van der Waals surface area contributed by atoms with E-state index in [1.807, 2.05) is 65.7 Å². The van der Waals surface area contributed by atoms with Crippen LogP contribution in [-0.4, -0.2) is 46.8 Å². The largest absolute Gasteiger partial charge is 0.497 e. The van der Waals surface area contributed by atoms with Crippen LogP contribution in [0, 0.1) is 5.92 Å². The molecule has 30 heavy (non-hydrogen) atoms. The minimum absolute atomic E-state index is 0. The van der Waals surface area contributed by atoms with Crippen LogP contribution in [0.25, 0.3) is 16.9 Å². The van der Waals surface area contributed by atoms with Crippen LogP contribution in [-0.2, 0) is 0 Å². The van der Waals surface area contributed by atoms with Crippen LogP contribution >= 0.6 is 12.4 Å². The van der Waals surface area contributed by atoms with Crippen LogP contribution in [0.1, 0.15) is 23.7 Å². The summed E-state index contributed by atoms with van der Waals surface area (Å²) in [5.41, 5.74) is 8.92. The average molecular weight is 427 g/mol. The predicted octanol–water partition coefficient (Wildman–Crippen LogP) is 3.78. The lowest BCUT2D eigenvalue weighted by atomic mass is 10.1. The van der Waals surface area contributed by atoms with Crippen molar-refractivity contribution in [2.75, 3.05) is 20.2 Å². The van der Waals surface area contributed by atoms with Gasteiger partial charge in [0.2, 0.25) is 0 Å². The molecule has 3 aromatic rings. The monoisotopic (exact) mass is 426 g/mol. The van der Waals surface area contributed by atoms with E-state index in [-0.39, 0.29) is 24.4 Å². The Morgan fingerprint density at radius 1 is 1.17 bits per heavy atom. The van der Waals surface area contributed by atoms with Gasteiger partial charge in [0, 0.05) is 24.3 Å². The molecule has 0 aliphatic carbocycles. The first-order chi connectivity index (χ1) is 14.1. The number of methoxy groups -OCH3 is 1. The number of benzene rings is 2. The van der Waals surface area contributed by atoms with Gasteiger partial charge in [-0.2, -0.15) is 5.10 Å². The van der Waals surface area contributed by atoms with E-state index in [0.29, 0.717) is 30.3 Å². The molecule has 2 atom stereocenters. The fourth-order valence-corrected chi connectivity index (χ4v) is 3.96. The van der Waals surface area contributed by atoms with Gasteiger partial charge in [-0.1, -0.05) is 18.2 Å². The summed E-state index contributed by atoms with van der Waals surface area (Å²) >= 11 is 0. The van der Waals surface area contributed by atoms with Gasteiger partial charge in [-0.05, 0) is 62.2 Å². The number of halogens is 1. The van der Waals surface area contributed by atoms with Gasteiger partial charge in [-0.3, -0.25) is 4.79 Å². The van der Waals surface area contributed by atoms with Crippen LogP contribution < -0.4 is 10.5 Å². The standard InChI is InChI=1S/C23H26N4O2.ClH/c1-16-12-17(13-24)14-26(16)23(28)21-15-27(19-6-4-3-5-7-19)25-22(21)18-8-10-20(29-2)11-9-18;/h3-11,15-17H,12-14,24H2,1-2H3;1H. The molecule has 0 radical (unpaired) electrons. The Balaban J connectivity index is 0.00000256. The molecule has 2 aromatic carbocycles. The van der Waals surface area contributed by atoms with Crippen molar-refractivity contribution in [3.8, 4) is 22.7 Å². The van der Waals surface area contributed by atoms with Crippen molar-refractivity contribution < 1.29 is 9.53 Å². The van der Waals surface area contributed by atoms with E-state index in [1.54, 1.807) is 11.8 Å².